The molecule has 0 fully saturated rings. The number of imidazole rings is 2. The first kappa shape index (κ1) is 23.3. The van der Waals surface area contributed by atoms with E-state index in [4.69, 9.17) is 14.7 Å². The van der Waals surface area contributed by atoms with E-state index in [2.05, 4.69) is 49.0 Å². The van der Waals surface area contributed by atoms with Gasteiger partial charge >= 0.3 is 0 Å². The number of halogens is 1. The second kappa shape index (κ2) is 9.78. The summed E-state index contributed by atoms with van der Waals surface area (Å²) in [6.07, 6.45) is 2.06. The molecule has 0 atom stereocenters. The number of para-hydroxylation sites is 2. The van der Waals surface area contributed by atoms with Crippen molar-refractivity contribution in [2.75, 3.05) is 5.32 Å². The Balaban J connectivity index is 1.30. The van der Waals surface area contributed by atoms with Crippen molar-refractivity contribution < 1.29 is 4.74 Å². The standard InChI is InChI=1S/C32H22BrN5O/c33-23-14-11-21(12-15-23)30-32(34-24-7-3-1-4-8-24)38-20-22(13-18-29(38)37-30)31-35-27-17-16-26(19-28(27)36-31)39-25-9-5-2-6-10-25/h1-20,34H,(H,35,36). The number of benzene rings is 4. The zero-order chi connectivity index (χ0) is 26.2. The van der Waals surface area contributed by atoms with Crippen molar-refractivity contribution >= 4 is 44.1 Å². The third-order valence-corrected chi connectivity index (χ3v) is 7.01. The number of anilines is 2. The molecule has 0 radical (unpaired) electrons. The number of nitrogens with zero attached hydrogens (tertiary/aromatic N) is 3. The Labute approximate surface area is 233 Å². The molecule has 7 heteroatoms. The van der Waals surface area contributed by atoms with Crippen LogP contribution in [0.1, 0.15) is 0 Å². The van der Waals surface area contributed by atoms with Crippen molar-refractivity contribution in [2.24, 2.45) is 0 Å². The summed E-state index contributed by atoms with van der Waals surface area (Å²) in [4.78, 5) is 13.3. The predicted molar refractivity (Wildman–Crippen MR) is 160 cm³/mol. The van der Waals surface area contributed by atoms with E-state index >= 15 is 0 Å². The molecular formula is C32H22BrN5O. The zero-order valence-corrected chi connectivity index (χ0v) is 22.3. The summed E-state index contributed by atoms with van der Waals surface area (Å²) in [6, 6.07) is 38.0. The molecule has 39 heavy (non-hydrogen) atoms. The summed E-state index contributed by atoms with van der Waals surface area (Å²) in [5.74, 6) is 3.20. The topological polar surface area (TPSA) is 67.2 Å². The zero-order valence-electron chi connectivity index (χ0n) is 20.7. The number of nitrogens with one attached hydrogen (secondary N) is 2. The molecule has 0 spiro atoms. The molecular weight excluding hydrogens is 550 g/mol. The lowest BCUT2D eigenvalue weighted by atomic mass is 10.1. The lowest BCUT2D eigenvalue weighted by Gasteiger charge is -2.10. The van der Waals surface area contributed by atoms with Gasteiger partial charge in [0.2, 0.25) is 0 Å². The Morgan fingerprint density at radius 3 is 2.26 bits per heavy atom. The van der Waals surface area contributed by atoms with Gasteiger partial charge in [-0.15, -0.1) is 0 Å². The maximum absolute atomic E-state index is 6.01. The van der Waals surface area contributed by atoms with Gasteiger partial charge in [-0.25, -0.2) is 9.97 Å². The fourth-order valence-corrected chi connectivity index (χ4v) is 4.85. The van der Waals surface area contributed by atoms with Crippen LogP contribution in [0.4, 0.5) is 11.5 Å². The summed E-state index contributed by atoms with van der Waals surface area (Å²) in [5.41, 5.74) is 6.44. The maximum atomic E-state index is 6.01. The van der Waals surface area contributed by atoms with Crippen molar-refractivity contribution in [3.8, 4) is 34.1 Å². The lowest BCUT2D eigenvalue weighted by molar-refractivity contribution is 0.483. The lowest BCUT2D eigenvalue weighted by Crippen LogP contribution is -1.97. The maximum Gasteiger partial charge on any atom is 0.143 e. The van der Waals surface area contributed by atoms with E-state index in [-0.39, 0.29) is 0 Å². The second-order valence-corrected chi connectivity index (χ2v) is 10.0. The van der Waals surface area contributed by atoms with Crippen LogP contribution in [0.3, 0.4) is 0 Å². The van der Waals surface area contributed by atoms with Crippen LogP contribution < -0.4 is 10.1 Å². The summed E-state index contributed by atoms with van der Waals surface area (Å²) in [5, 5.41) is 3.59. The van der Waals surface area contributed by atoms with E-state index in [1.807, 2.05) is 103 Å². The molecule has 7 rings (SSSR count). The average Bonchev–Trinajstić information content (AvgIpc) is 3.56. The Morgan fingerprint density at radius 2 is 1.46 bits per heavy atom. The summed E-state index contributed by atoms with van der Waals surface area (Å²) >= 11 is 3.54. The summed E-state index contributed by atoms with van der Waals surface area (Å²) in [7, 11) is 0. The SMILES string of the molecule is Brc1ccc(-c2nc3ccc(-c4nc5ccc(Oc6ccccc6)cc5[nH]4)cn3c2Nc2ccccc2)cc1. The van der Waals surface area contributed by atoms with Crippen LogP contribution in [0.5, 0.6) is 11.5 Å². The fourth-order valence-electron chi connectivity index (χ4n) is 4.58. The van der Waals surface area contributed by atoms with Gasteiger partial charge in [-0.2, -0.15) is 0 Å². The summed E-state index contributed by atoms with van der Waals surface area (Å²) in [6.45, 7) is 0. The van der Waals surface area contributed by atoms with Crippen LogP contribution >= 0.6 is 15.9 Å². The molecule has 3 aromatic heterocycles. The molecule has 0 saturated carbocycles. The van der Waals surface area contributed by atoms with Gasteiger partial charge in [0.25, 0.3) is 0 Å². The summed E-state index contributed by atoms with van der Waals surface area (Å²) < 4.78 is 9.12. The smallest absolute Gasteiger partial charge is 0.143 e. The number of fused-ring (bicyclic) bond motifs is 2. The highest BCUT2D eigenvalue weighted by Crippen LogP contribution is 2.34. The Kier molecular flexibility index (Phi) is 5.83. The predicted octanol–water partition coefficient (Wildman–Crippen LogP) is 8.84. The molecule has 3 heterocycles. The van der Waals surface area contributed by atoms with Crippen molar-refractivity contribution in [2.45, 2.75) is 0 Å². The number of rotatable bonds is 6. The van der Waals surface area contributed by atoms with Crippen LogP contribution in [-0.2, 0) is 0 Å². The molecule has 0 unspecified atom stereocenters. The molecule has 0 saturated heterocycles. The van der Waals surface area contributed by atoms with E-state index in [0.717, 1.165) is 66.8 Å². The van der Waals surface area contributed by atoms with Gasteiger partial charge in [-0.3, -0.25) is 4.40 Å². The molecule has 4 aromatic carbocycles. The van der Waals surface area contributed by atoms with Crippen LogP contribution in [-0.4, -0.2) is 19.4 Å². The highest BCUT2D eigenvalue weighted by molar-refractivity contribution is 9.10. The molecule has 0 aliphatic rings. The van der Waals surface area contributed by atoms with Gasteiger partial charge in [-0.05, 0) is 60.7 Å². The van der Waals surface area contributed by atoms with E-state index in [1.165, 1.54) is 0 Å². The fraction of sp³-hybridized carbons (Fsp3) is 0. The average molecular weight is 572 g/mol. The van der Waals surface area contributed by atoms with Gasteiger partial charge in [0.1, 0.15) is 34.5 Å². The van der Waals surface area contributed by atoms with Gasteiger partial charge in [0, 0.05) is 33.6 Å². The molecule has 2 N–H and O–H groups in total. The van der Waals surface area contributed by atoms with Gasteiger partial charge in [0.15, 0.2) is 0 Å². The van der Waals surface area contributed by atoms with Crippen molar-refractivity contribution in [3.63, 3.8) is 0 Å². The first-order chi connectivity index (χ1) is 19.2. The van der Waals surface area contributed by atoms with E-state index in [9.17, 15) is 0 Å². The number of hydrogen-bond acceptors (Lipinski definition) is 4. The molecule has 188 valence electrons. The largest absolute Gasteiger partial charge is 0.457 e. The number of pyridine rings is 1. The Morgan fingerprint density at radius 1 is 0.718 bits per heavy atom. The minimum atomic E-state index is 0.752. The quantitative estimate of drug-likeness (QED) is 0.209. The number of ether oxygens (including phenoxy) is 1. The van der Waals surface area contributed by atoms with Crippen molar-refractivity contribution in [3.05, 3.63) is 126 Å². The molecule has 6 nitrogen and oxygen atoms in total. The van der Waals surface area contributed by atoms with Gasteiger partial charge in [-0.1, -0.05) is 64.5 Å². The van der Waals surface area contributed by atoms with Crippen LogP contribution in [0.15, 0.2) is 126 Å². The second-order valence-electron chi connectivity index (χ2n) is 9.13. The molecule has 0 bridgehead atoms. The Bertz CT molecular complexity index is 1910. The van der Waals surface area contributed by atoms with Gasteiger partial charge in [0.05, 0.1) is 11.0 Å². The highest BCUT2D eigenvalue weighted by Gasteiger charge is 2.16. The number of aromatic amines is 1. The highest BCUT2D eigenvalue weighted by atomic mass is 79.9. The van der Waals surface area contributed by atoms with Crippen LogP contribution in [0.25, 0.3) is 39.3 Å². The monoisotopic (exact) mass is 571 g/mol. The first-order valence-corrected chi connectivity index (χ1v) is 13.3. The molecule has 0 amide bonds. The molecule has 0 aliphatic heterocycles. The van der Waals surface area contributed by atoms with E-state index in [0.29, 0.717) is 0 Å². The molecule has 0 aliphatic carbocycles. The third-order valence-electron chi connectivity index (χ3n) is 6.48. The Hall–Kier alpha value is -4.88. The van der Waals surface area contributed by atoms with Crippen molar-refractivity contribution in [1.82, 2.24) is 19.4 Å². The number of aromatic nitrogens is 4. The third kappa shape index (κ3) is 4.64. The molecule has 7 aromatic rings. The number of H-pyrrole nitrogens is 1. The van der Waals surface area contributed by atoms with E-state index < -0.39 is 0 Å². The van der Waals surface area contributed by atoms with Crippen LogP contribution in [0.2, 0.25) is 0 Å². The van der Waals surface area contributed by atoms with Crippen molar-refractivity contribution in [1.29, 1.82) is 0 Å². The van der Waals surface area contributed by atoms with E-state index in [1.54, 1.807) is 0 Å². The minimum absolute atomic E-state index is 0.752. The minimum Gasteiger partial charge on any atom is -0.457 e. The van der Waals surface area contributed by atoms with Crippen LogP contribution in [0, 0.1) is 0 Å². The number of hydrogen-bond donors (Lipinski definition) is 2. The van der Waals surface area contributed by atoms with Gasteiger partial charge < -0.3 is 15.0 Å². The first-order valence-electron chi connectivity index (χ1n) is 12.5. The normalized spacial score (nSPS) is 11.2.